The summed E-state index contributed by atoms with van der Waals surface area (Å²) >= 11 is 0. The zero-order chi connectivity index (χ0) is 20.9. The molecule has 10 heteroatoms. The van der Waals surface area contributed by atoms with Gasteiger partial charge in [-0.05, 0) is 36.6 Å². The highest BCUT2D eigenvalue weighted by Gasteiger charge is 2.26. The van der Waals surface area contributed by atoms with Crippen LogP contribution in [0.4, 0.5) is 5.69 Å². The molecule has 1 heterocycles. The van der Waals surface area contributed by atoms with Gasteiger partial charge < -0.3 is 20.6 Å². The number of aliphatic carboxylic acids is 1. The Balaban J connectivity index is 2.56. The fraction of sp³-hybridized carbons (Fsp3) is 0.444. The topological polar surface area (TPSA) is 142 Å². The van der Waals surface area contributed by atoms with E-state index in [9.17, 15) is 18.3 Å². The SMILES string of the molecule is CCCN(CCC)C1=CC(C(=O)O)=NCN1c1ccc(S(N)(=O)=O)cc1CN. The van der Waals surface area contributed by atoms with E-state index in [-0.39, 0.29) is 23.8 Å². The van der Waals surface area contributed by atoms with E-state index >= 15 is 0 Å². The first-order chi connectivity index (χ1) is 13.2. The predicted molar refractivity (Wildman–Crippen MR) is 108 cm³/mol. The molecule has 1 aromatic carbocycles. The molecule has 9 nitrogen and oxygen atoms in total. The third-order valence-electron chi connectivity index (χ3n) is 4.35. The molecule has 1 aliphatic rings. The highest BCUT2D eigenvalue weighted by Crippen LogP contribution is 2.29. The van der Waals surface area contributed by atoms with Gasteiger partial charge in [-0.15, -0.1) is 0 Å². The van der Waals surface area contributed by atoms with Gasteiger partial charge in [0.15, 0.2) is 0 Å². The van der Waals surface area contributed by atoms with Crippen LogP contribution in [-0.2, 0) is 21.4 Å². The van der Waals surface area contributed by atoms with Crippen LogP contribution in [0.25, 0.3) is 0 Å². The number of hydrogen-bond donors (Lipinski definition) is 3. The molecule has 0 saturated carbocycles. The first kappa shape index (κ1) is 21.9. The van der Waals surface area contributed by atoms with Gasteiger partial charge in [0.25, 0.3) is 0 Å². The summed E-state index contributed by atoms with van der Waals surface area (Å²) in [4.78, 5) is 19.5. The Morgan fingerprint density at radius 3 is 2.43 bits per heavy atom. The van der Waals surface area contributed by atoms with Gasteiger partial charge in [0, 0.05) is 31.4 Å². The zero-order valence-electron chi connectivity index (χ0n) is 16.1. The number of nitrogens with two attached hydrogens (primary N) is 2. The Morgan fingerprint density at radius 2 is 1.93 bits per heavy atom. The quantitative estimate of drug-likeness (QED) is 0.553. The second kappa shape index (κ2) is 9.18. The number of primary sulfonamides is 1. The van der Waals surface area contributed by atoms with Crippen molar-refractivity contribution < 1.29 is 18.3 Å². The largest absolute Gasteiger partial charge is 0.477 e. The Bertz CT molecular complexity index is 889. The van der Waals surface area contributed by atoms with Gasteiger partial charge in [0.1, 0.15) is 18.2 Å². The third-order valence-corrected chi connectivity index (χ3v) is 5.26. The number of benzene rings is 1. The lowest BCUT2D eigenvalue weighted by atomic mass is 10.1. The minimum Gasteiger partial charge on any atom is -0.477 e. The van der Waals surface area contributed by atoms with E-state index in [1.807, 2.05) is 4.90 Å². The van der Waals surface area contributed by atoms with Crippen LogP contribution in [0.1, 0.15) is 32.3 Å². The molecule has 0 atom stereocenters. The molecule has 0 aromatic heterocycles. The van der Waals surface area contributed by atoms with Crippen molar-refractivity contribution >= 4 is 27.4 Å². The zero-order valence-corrected chi connectivity index (χ0v) is 16.9. The maximum atomic E-state index is 11.7. The van der Waals surface area contributed by atoms with Crippen molar-refractivity contribution in [3.05, 3.63) is 35.7 Å². The van der Waals surface area contributed by atoms with Gasteiger partial charge in [-0.25, -0.2) is 18.4 Å². The van der Waals surface area contributed by atoms with Gasteiger partial charge in [-0.1, -0.05) is 13.8 Å². The monoisotopic (exact) mass is 409 g/mol. The number of carbonyl (C=O) groups is 1. The fourth-order valence-corrected chi connectivity index (χ4v) is 3.67. The van der Waals surface area contributed by atoms with E-state index in [2.05, 4.69) is 23.7 Å². The van der Waals surface area contributed by atoms with E-state index in [0.29, 0.717) is 17.1 Å². The van der Waals surface area contributed by atoms with Gasteiger partial charge in [-0.3, -0.25) is 4.99 Å². The molecule has 0 spiro atoms. The molecule has 1 aliphatic heterocycles. The number of carboxylic acids is 1. The molecule has 0 fully saturated rings. The van der Waals surface area contributed by atoms with Crippen LogP contribution in [0.3, 0.4) is 0 Å². The standard InChI is InChI=1S/C18H27N5O4S/c1-3-7-22(8-4-2)17-10-15(18(24)25)21-12-23(17)16-6-5-14(28(20,26)27)9-13(16)11-19/h5-6,9-10H,3-4,7-8,11-12,19H2,1-2H3,(H,24,25)(H2,20,26,27). The number of sulfonamides is 1. The molecule has 0 radical (unpaired) electrons. The lowest BCUT2D eigenvalue weighted by molar-refractivity contribution is -0.129. The van der Waals surface area contributed by atoms with E-state index in [0.717, 1.165) is 25.9 Å². The molecule has 0 bridgehead atoms. The number of rotatable bonds is 9. The highest BCUT2D eigenvalue weighted by molar-refractivity contribution is 7.89. The van der Waals surface area contributed by atoms with E-state index in [4.69, 9.17) is 10.9 Å². The molecular weight excluding hydrogens is 382 g/mol. The summed E-state index contributed by atoms with van der Waals surface area (Å²) in [7, 11) is -3.85. The lowest BCUT2D eigenvalue weighted by Crippen LogP contribution is -2.41. The maximum Gasteiger partial charge on any atom is 0.354 e. The number of nitrogens with zero attached hydrogens (tertiary/aromatic N) is 3. The Morgan fingerprint density at radius 1 is 1.29 bits per heavy atom. The third kappa shape index (κ3) is 4.89. The van der Waals surface area contributed by atoms with Crippen LogP contribution in [0.5, 0.6) is 0 Å². The second-order valence-corrected chi connectivity index (χ2v) is 8.01. The average Bonchev–Trinajstić information content (AvgIpc) is 2.66. The molecule has 1 aromatic rings. The predicted octanol–water partition coefficient (Wildman–Crippen LogP) is 1.06. The molecule has 0 aliphatic carbocycles. The molecule has 154 valence electrons. The smallest absolute Gasteiger partial charge is 0.354 e. The summed E-state index contributed by atoms with van der Waals surface area (Å²) in [5.74, 6) is -0.386. The van der Waals surface area contributed by atoms with E-state index < -0.39 is 16.0 Å². The summed E-state index contributed by atoms with van der Waals surface area (Å²) in [6.07, 6.45) is 3.32. The molecule has 2 rings (SSSR count). The first-order valence-electron chi connectivity index (χ1n) is 9.10. The molecular formula is C18H27N5O4S. The van der Waals surface area contributed by atoms with Crippen molar-refractivity contribution in [2.24, 2.45) is 15.9 Å². The minimum atomic E-state index is -3.85. The molecule has 28 heavy (non-hydrogen) atoms. The van der Waals surface area contributed by atoms with Crippen LogP contribution in [0.15, 0.2) is 40.0 Å². The molecule has 0 amide bonds. The van der Waals surface area contributed by atoms with Crippen LogP contribution in [0, 0.1) is 0 Å². The van der Waals surface area contributed by atoms with Crippen molar-refractivity contribution in [3.63, 3.8) is 0 Å². The fourth-order valence-electron chi connectivity index (χ4n) is 3.10. The maximum absolute atomic E-state index is 11.7. The van der Waals surface area contributed by atoms with Crippen molar-refractivity contribution in [3.8, 4) is 0 Å². The highest BCUT2D eigenvalue weighted by atomic mass is 32.2. The van der Waals surface area contributed by atoms with Crippen molar-refractivity contribution in [2.75, 3.05) is 24.7 Å². The minimum absolute atomic E-state index is 0.0149. The second-order valence-electron chi connectivity index (χ2n) is 6.45. The summed E-state index contributed by atoms with van der Waals surface area (Å²) in [6, 6.07) is 4.50. The van der Waals surface area contributed by atoms with Crippen LogP contribution >= 0.6 is 0 Å². The van der Waals surface area contributed by atoms with Crippen molar-refractivity contribution in [2.45, 2.75) is 38.1 Å². The first-order valence-corrected chi connectivity index (χ1v) is 10.6. The summed E-state index contributed by atoms with van der Waals surface area (Å²) in [6.45, 7) is 5.79. The van der Waals surface area contributed by atoms with Crippen LogP contribution in [0.2, 0.25) is 0 Å². The summed E-state index contributed by atoms with van der Waals surface area (Å²) < 4.78 is 23.3. The number of aliphatic imine (C=N–C) groups is 1. The van der Waals surface area contributed by atoms with E-state index in [1.165, 1.54) is 12.1 Å². The van der Waals surface area contributed by atoms with Gasteiger partial charge >= 0.3 is 5.97 Å². The van der Waals surface area contributed by atoms with E-state index in [1.54, 1.807) is 12.1 Å². The molecule has 5 N–H and O–H groups in total. The normalized spacial score (nSPS) is 14.5. The van der Waals surface area contributed by atoms with Gasteiger partial charge in [-0.2, -0.15) is 0 Å². The van der Waals surface area contributed by atoms with Gasteiger partial charge in [0.2, 0.25) is 10.0 Å². The van der Waals surface area contributed by atoms with Crippen molar-refractivity contribution in [1.29, 1.82) is 0 Å². The Kier molecular flexibility index (Phi) is 7.17. The van der Waals surface area contributed by atoms with Crippen molar-refractivity contribution in [1.82, 2.24) is 4.90 Å². The average molecular weight is 410 g/mol. The van der Waals surface area contributed by atoms with Crippen LogP contribution < -0.4 is 15.8 Å². The number of hydrogen-bond acceptors (Lipinski definition) is 7. The molecule has 0 saturated heterocycles. The summed E-state index contributed by atoms with van der Waals surface area (Å²) in [5, 5.41) is 14.6. The number of anilines is 1. The molecule has 0 unspecified atom stereocenters. The number of carboxylic acid groups (broad SMARTS) is 1. The lowest BCUT2D eigenvalue weighted by Gasteiger charge is -2.37. The Hall–Kier alpha value is -2.43. The summed E-state index contributed by atoms with van der Waals surface area (Å²) in [5.41, 5.74) is 7.10. The van der Waals surface area contributed by atoms with Crippen LogP contribution in [-0.4, -0.2) is 49.9 Å². The van der Waals surface area contributed by atoms with Gasteiger partial charge in [0.05, 0.1) is 4.90 Å². The Labute approximate surface area is 165 Å².